The van der Waals surface area contributed by atoms with Crippen LogP contribution >= 0.6 is 0 Å². The first kappa shape index (κ1) is 20.4. The van der Waals surface area contributed by atoms with Crippen molar-refractivity contribution < 1.29 is 14.3 Å². The number of carbonyl (C=O) groups is 2. The Balaban J connectivity index is 1.44. The van der Waals surface area contributed by atoms with E-state index < -0.39 is 0 Å². The molecular weight excluding hydrogens is 378 g/mol. The highest BCUT2D eigenvalue weighted by atomic mass is 16.5. The first-order valence-electron chi connectivity index (χ1n) is 10.6. The summed E-state index contributed by atoms with van der Waals surface area (Å²) in [6.07, 6.45) is 1.89. The molecule has 0 aromatic heterocycles. The minimum absolute atomic E-state index is 0.0849. The highest BCUT2D eigenvalue weighted by Gasteiger charge is 2.33. The van der Waals surface area contributed by atoms with Crippen LogP contribution in [-0.4, -0.2) is 57.1 Å². The molecule has 1 saturated carbocycles. The van der Waals surface area contributed by atoms with Crippen molar-refractivity contribution in [2.75, 3.05) is 50.2 Å². The summed E-state index contributed by atoms with van der Waals surface area (Å²) in [6.45, 7) is 3.84. The Morgan fingerprint density at radius 1 is 1.00 bits per heavy atom. The summed E-state index contributed by atoms with van der Waals surface area (Å²) < 4.78 is 5.41. The number of nitrogens with zero attached hydrogens (tertiary/aromatic N) is 3. The van der Waals surface area contributed by atoms with E-state index in [0.29, 0.717) is 17.8 Å². The van der Waals surface area contributed by atoms with Crippen molar-refractivity contribution in [3.8, 4) is 0 Å². The lowest BCUT2D eigenvalue weighted by atomic mass is 10.1. The van der Waals surface area contributed by atoms with Gasteiger partial charge in [-0.1, -0.05) is 24.3 Å². The summed E-state index contributed by atoms with van der Waals surface area (Å²) in [5.41, 5.74) is 3.49. The molecule has 6 heteroatoms. The molecule has 0 unspecified atom stereocenters. The molecule has 0 bridgehead atoms. The fourth-order valence-corrected chi connectivity index (χ4v) is 3.85. The SMILES string of the molecule is CN(Cc1ccc(N2CCOCC2)cc1)C(=O)c1ccccc1N(C)C(=O)C1CC1. The molecule has 2 aromatic rings. The lowest BCUT2D eigenvalue weighted by Crippen LogP contribution is -2.36. The van der Waals surface area contributed by atoms with Gasteiger partial charge in [-0.3, -0.25) is 9.59 Å². The van der Waals surface area contributed by atoms with Crippen molar-refractivity contribution in [3.63, 3.8) is 0 Å². The van der Waals surface area contributed by atoms with Gasteiger partial charge < -0.3 is 19.4 Å². The van der Waals surface area contributed by atoms with Gasteiger partial charge in [0.25, 0.3) is 5.91 Å². The molecule has 0 N–H and O–H groups in total. The van der Waals surface area contributed by atoms with Gasteiger partial charge in [0.05, 0.1) is 24.5 Å². The molecule has 4 rings (SSSR count). The zero-order valence-electron chi connectivity index (χ0n) is 17.7. The highest BCUT2D eigenvalue weighted by molar-refractivity contribution is 6.05. The number of rotatable bonds is 6. The molecule has 1 heterocycles. The molecule has 0 atom stereocenters. The third-order valence-electron chi connectivity index (χ3n) is 5.83. The van der Waals surface area contributed by atoms with E-state index in [1.165, 1.54) is 5.69 Å². The molecule has 1 aliphatic heterocycles. The average Bonchev–Trinajstić information content (AvgIpc) is 3.64. The zero-order valence-corrected chi connectivity index (χ0v) is 17.7. The maximum Gasteiger partial charge on any atom is 0.256 e. The number of para-hydroxylation sites is 1. The predicted molar refractivity (Wildman–Crippen MR) is 118 cm³/mol. The van der Waals surface area contributed by atoms with E-state index in [0.717, 1.165) is 44.7 Å². The third kappa shape index (κ3) is 4.49. The summed E-state index contributed by atoms with van der Waals surface area (Å²) >= 11 is 0. The standard InChI is InChI=1S/C24H29N3O3/c1-25(17-18-7-11-20(12-8-18)27-13-15-30-16-14-27)24(29)21-5-3-4-6-22(21)26(2)23(28)19-9-10-19/h3-8,11-12,19H,9-10,13-17H2,1-2H3. The Labute approximate surface area is 178 Å². The molecule has 158 valence electrons. The summed E-state index contributed by atoms with van der Waals surface area (Å²) in [4.78, 5) is 31.3. The van der Waals surface area contributed by atoms with E-state index in [-0.39, 0.29) is 17.7 Å². The van der Waals surface area contributed by atoms with Crippen molar-refractivity contribution in [2.45, 2.75) is 19.4 Å². The van der Waals surface area contributed by atoms with Crippen LogP contribution in [0.15, 0.2) is 48.5 Å². The molecule has 6 nitrogen and oxygen atoms in total. The fourth-order valence-electron chi connectivity index (χ4n) is 3.85. The Morgan fingerprint density at radius 2 is 1.67 bits per heavy atom. The first-order valence-corrected chi connectivity index (χ1v) is 10.6. The van der Waals surface area contributed by atoms with Crippen LogP contribution in [0.4, 0.5) is 11.4 Å². The van der Waals surface area contributed by atoms with E-state index in [4.69, 9.17) is 4.74 Å². The van der Waals surface area contributed by atoms with Gasteiger partial charge in [0.2, 0.25) is 5.91 Å². The van der Waals surface area contributed by atoms with Crippen LogP contribution in [0.1, 0.15) is 28.8 Å². The van der Waals surface area contributed by atoms with Crippen LogP contribution < -0.4 is 9.80 Å². The van der Waals surface area contributed by atoms with Gasteiger partial charge in [-0.15, -0.1) is 0 Å². The van der Waals surface area contributed by atoms with Crippen molar-refractivity contribution in [2.24, 2.45) is 5.92 Å². The van der Waals surface area contributed by atoms with Crippen LogP contribution in [0, 0.1) is 5.92 Å². The molecule has 1 saturated heterocycles. The number of amides is 2. The van der Waals surface area contributed by atoms with Crippen LogP contribution in [0.2, 0.25) is 0 Å². The Bertz CT molecular complexity index is 902. The van der Waals surface area contributed by atoms with E-state index in [2.05, 4.69) is 29.2 Å². The van der Waals surface area contributed by atoms with Gasteiger partial charge >= 0.3 is 0 Å². The number of morpholine rings is 1. The van der Waals surface area contributed by atoms with Gasteiger partial charge in [-0.25, -0.2) is 0 Å². The number of anilines is 2. The molecule has 2 fully saturated rings. The summed E-state index contributed by atoms with van der Waals surface area (Å²) in [7, 11) is 3.56. The maximum absolute atomic E-state index is 13.2. The van der Waals surface area contributed by atoms with E-state index in [9.17, 15) is 9.59 Å². The first-order chi connectivity index (χ1) is 14.5. The minimum Gasteiger partial charge on any atom is -0.378 e. The number of benzene rings is 2. The third-order valence-corrected chi connectivity index (χ3v) is 5.83. The zero-order chi connectivity index (χ0) is 21.1. The molecule has 30 heavy (non-hydrogen) atoms. The quantitative estimate of drug-likeness (QED) is 0.738. The Kier molecular flexibility index (Phi) is 6.04. The molecule has 2 aromatic carbocycles. The highest BCUT2D eigenvalue weighted by Crippen LogP contribution is 2.33. The smallest absolute Gasteiger partial charge is 0.256 e. The Morgan fingerprint density at radius 3 is 2.33 bits per heavy atom. The van der Waals surface area contributed by atoms with Crippen LogP contribution in [0.3, 0.4) is 0 Å². The summed E-state index contributed by atoms with van der Waals surface area (Å²) in [6, 6.07) is 15.7. The summed E-state index contributed by atoms with van der Waals surface area (Å²) in [5.74, 6) is 0.121. The van der Waals surface area contributed by atoms with Crippen molar-refractivity contribution >= 4 is 23.2 Å². The lowest BCUT2D eigenvalue weighted by molar-refractivity contribution is -0.119. The maximum atomic E-state index is 13.2. The van der Waals surface area contributed by atoms with E-state index in [1.54, 1.807) is 30.0 Å². The molecule has 2 aliphatic rings. The van der Waals surface area contributed by atoms with Crippen LogP contribution in [-0.2, 0) is 16.1 Å². The molecule has 0 spiro atoms. The second-order valence-electron chi connectivity index (χ2n) is 8.12. The largest absolute Gasteiger partial charge is 0.378 e. The van der Waals surface area contributed by atoms with Crippen molar-refractivity contribution in [1.29, 1.82) is 0 Å². The number of hydrogen-bond donors (Lipinski definition) is 0. The normalized spacial score (nSPS) is 16.3. The molecule has 2 amide bonds. The van der Waals surface area contributed by atoms with Crippen molar-refractivity contribution in [3.05, 3.63) is 59.7 Å². The fraction of sp³-hybridized carbons (Fsp3) is 0.417. The molecular formula is C24H29N3O3. The number of ether oxygens (including phenoxy) is 1. The van der Waals surface area contributed by atoms with Crippen LogP contribution in [0.25, 0.3) is 0 Å². The van der Waals surface area contributed by atoms with Crippen molar-refractivity contribution in [1.82, 2.24) is 4.90 Å². The van der Waals surface area contributed by atoms with Gasteiger partial charge in [0.15, 0.2) is 0 Å². The minimum atomic E-state index is -0.0849. The van der Waals surface area contributed by atoms with Gasteiger partial charge in [-0.05, 0) is 42.7 Å². The van der Waals surface area contributed by atoms with Gasteiger partial charge in [0.1, 0.15) is 0 Å². The van der Waals surface area contributed by atoms with Gasteiger partial charge in [-0.2, -0.15) is 0 Å². The number of carbonyl (C=O) groups excluding carboxylic acids is 2. The molecule has 0 radical (unpaired) electrons. The van der Waals surface area contributed by atoms with E-state index >= 15 is 0 Å². The van der Waals surface area contributed by atoms with E-state index in [1.807, 2.05) is 18.2 Å². The second kappa shape index (κ2) is 8.88. The predicted octanol–water partition coefficient (Wildman–Crippen LogP) is 3.17. The lowest BCUT2D eigenvalue weighted by Gasteiger charge is -2.29. The van der Waals surface area contributed by atoms with Crippen LogP contribution in [0.5, 0.6) is 0 Å². The average molecular weight is 408 g/mol. The molecule has 1 aliphatic carbocycles. The Hall–Kier alpha value is -2.86. The van der Waals surface area contributed by atoms with Gasteiger partial charge in [0, 0.05) is 45.3 Å². The second-order valence-corrected chi connectivity index (χ2v) is 8.12. The number of hydrogen-bond acceptors (Lipinski definition) is 4. The summed E-state index contributed by atoms with van der Waals surface area (Å²) in [5, 5.41) is 0. The topological polar surface area (TPSA) is 53.1 Å². The monoisotopic (exact) mass is 407 g/mol.